The van der Waals surface area contributed by atoms with E-state index >= 15 is 0 Å². The fraction of sp³-hybridized carbons (Fsp3) is 0.441. The van der Waals surface area contributed by atoms with Crippen LogP contribution in [0.2, 0.25) is 0 Å². The zero-order valence-electron chi connectivity index (χ0n) is 23.6. The molecule has 204 valence electrons. The van der Waals surface area contributed by atoms with Crippen LogP contribution in [0.3, 0.4) is 0 Å². The molecule has 38 heavy (non-hydrogen) atoms. The van der Waals surface area contributed by atoms with Crippen LogP contribution in [0.1, 0.15) is 101 Å². The van der Waals surface area contributed by atoms with E-state index in [4.69, 9.17) is 14.2 Å². The van der Waals surface area contributed by atoms with Gasteiger partial charge < -0.3 is 14.2 Å². The monoisotopic (exact) mass is 516 g/mol. The molecule has 0 amide bonds. The summed E-state index contributed by atoms with van der Waals surface area (Å²) in [5, 5.41) is 0. The van der Waals surface area contributed by atoms with E-state index in [9.17, 15) is 4.79 Å². The molecule has 0 saturated carbocycles. The van der Waals surface area contributed by atoms with Gasteiger partial charge in [-0.25, -0.2) is 4.79 Å². The van der Waals surface area contributed by atoms with Gasteiger partial charge in [0.05, 0.1) is 17.8 Å². The lowest BCUT2D eigenvalue weighted by Crippen LogP contribution is -2.16. The van der Waals surface area contributed by atoms with Crippen molar-refractivity contribution in [3.63, 3.8) is 0 Å². The second-order valence-electron chi connectivity index (χ2n) is 10.0. The van der Waals surface area contributed by atoms with Crippen molar-refractivity contribution in [3.05, 3.63) is 83.9 Å². The van der Waals surface area contributed by atoms with Crippen molar-refractivity contribution in [2.75, 3.05) is 7.11 Å². The topological polar surface area (TPSA) is 44.8 Å². The van der Waals surface area contributed by atoms with E-state index in [1.54, 1.807) is 31.4 Å². The van der Waals surface area contributed by atoms with Gasteiger partial charge in [0.15, 0.2) is 0 Å². The number of hydrogen-bond acceptors (Lipinski definition) is 4. The summed E-state index contributed by atoms with van der Waals surface area (Å²) in [5.74, 6) is 0.961. The Morgan fingerprint density at radius 1 is 0.684 bits per heavy atom. The molecule has 0 aliphatic carbocycles. The molecule has 0 bridgehead atoms. The quantitative estimate of drug-likeness (QED) is 0.108. The minimum atomic E-state index is -0.374. The highest BCUT2D eigenvalue weighted by atomic mass is 16.5. The molecule has 0 aliphatic rings. The highest BCUT2D eigenvalue weighted by molar-refractivity contribution is 5.91. The molecular formula is C34H44O4. The van der Waals surface area contributed by atoms with E-state index < -0.39 is 0 Å². The maximum Gasteiger partial charge on any atom is 0.343 e. The Bertz CT molecular complexity index is 1070. The first-order chi connectivity index (χ1) is 18.5. The average Bonchev–Trinajstić information content (AvgIpc) is 2.95. The van der Waals surface area contributed by atoms with Gasteiger partial charge in [0.2, 0.25) is 0 Å². The molecule has 3 aromatic rings. The van der Waals surface area contributed by atoms with E-state index in [-0.39, 0.29) is 18.2 Å². The predicted molar refractivity (Wildman–Crippen MR) is 156 cm³/mol. The lowest BCUT2D eigenvalue weighted by molar-refractivity contribution is 0.0734. The Morgan fingerprint density at radius 3 is 1.87 bits per heavy atom. The smallest absolute Gasteiger partial charge is 0.343 e. The summed E-state index contributed by atoms with van der Waals surface area (Å²) in [5.41, 5.74) is 3.78. The Hall–Kier alpha value is -3.11. The van der Waals surface area contributed by atoms with Gasteiger partial charge in [-0.3, -0.25) is 0 Å². The second-order valence-corrected chi connectivity index (χ2v) is 10.0. The maximum absolute atomic E-state index is 12.7. The van der Waals surface area contributed by atoms with Crippen LogP contribution in [0, 0.1) is 0 Å². The molecule has 0 N–H and O–H groups in total. The van der Waals surface area contributed by atoms with Crippen molar-refractivity contribution >= 4 is 5.97 Å². The summed E-state index contributed by atoms with van der Waals surface area (Å²) in [6, 6.07) is 23.2. The van der Waals surface area contributed by atoms with Gasteiger partial charge in [-0.1, -0.05) is 88.8 Å². The molecule has 0 fully saturated rings. The lowest BCUT2D eigenvalue weighted by atomic mass is 10.0. The first kappa shape index (κ1) is 29.4. The van der Waals surface area contributed by atoms with Crippen molar-refractivity contribution in [1.82, 2.24) is 0 Å². The van der Waals surface area contributed by atoms with E-state index in [1.807, 2.05) is 31.2 Å². The van der Waals surface area contributed by atoms with Crippen LogP contribution < -0.4 is 9.47 Å². The van der Waals surface area contributed by atoms with Crippen LogP contribution in [0.5, 0.6) is 11.5 Å². The van der Waals surface area contributed by atoms with Gasteiger partial charge in [0, 0.05) is 7.11 Å². The van der Waals surface area contributed by atoms with E-state index in [1.165, 1.54) is 38.5 Å². The number of benzene rings is 3. The number of hydrogen-bond donors (Lipinski definition) is 0. The number of carbonyl (C=O) groups is 1. The van der Waals surface area contributed by atoms with Crippen LogP contribution in [0.25, 0.3) is 11.1 Å². The van der Waals surface area contributed by atoms with Gasteiger partial charge in [-0.2, -0.15) is 0 Å². The molecule has 4 heteroatoms. The first-order valence-corrected chi connectivity index (χ1v) is 14.3. The fourth-order valence-corrected chi connectivity index (χ4v) is 4.56. The summed E-state index contributed by atoms with van der Waals surface area (Å²) >= 11 is 0. The standard InChI is InChI=1S/C34H44O4/c1-5-7-8-9-10-11-13-31(12-6-2)37-32-22-24-33(25-23-32)38-34(35)30-20-18-29(19-21-30)28-16-14-27(15-17-28)26(3)36-4/h14-26,31H,5-13H2,1-4H3. The van der Waals surface area contributed by atoms with E-state index in [2.05, 4.69) is 38.1 Å². The number of unbranched alkanes of at least 4 members (excludes halogenated alkanes) is 5. The summed E-state index contributed by atoms with van der Waals surface area (Å²) in [4.78, 5) is 12.7. The van der Waals surface area contributed by atoms with Crippen LogP contribution in [-0.4, -0.2) is 19.2 Å². The Balaban J connectivity index is 1.51. The van der Waals surface area contributed by atoms with Gasteiger partial charge >= 0.3 is 5.97 Å². The molecule has 2 unspecified atom stereocenters. The molecule has 3 rings (SSSR count). The average molecular weight is 517 g/mol. The fourth-order valence-electron chi connectivity index (χ4n) is 4.56. The molecule has 0 heterocycles. The number of methoxy groups -OCH3 is 1. The van der Waals surface area contributed by atoms with Crippen LogP contribution in [-0.2, 0) is 4.74 Å². The summed E-state index contributed by atoms with van der Waals surface area (Å²) in [7, 11) is 1.71. The zero-order valence-corrected chi connectivity index (χ0v) is 23.6. The third kappa shape index (κ3) is 9.33. The highest BCUT2D eigenvalue weighted by Gasteiger charge is 2.12. The SMILES string of the molecule is CCCCCCCCC(CCC)Oc1ccc(OC(=O)c2ccc(-c3ccc(C(C)OC)cc3)cc2)cc1. The zero-order chi connectivity index (χ0) is 27.2. The number of carbonyl (C=O) groups excluding carboxylic acids is 1. The van der Waals surface area contributed by atoms with Gasteiger partial charge in [-0.15, -0.1) is 0 Å². The minimum Gasteiger partial charge on any atom is -0.490 e. The minimum absolute atomic E-state index is 0.0599. The molecule has 0 aliphatic heterocycles. The lowest BCUT2D eigenvalue weighted by Gasteiger charge is -2.19. The molecule has 0 saturated heterocycles. The molecular weight excluding hydrogens is 472 g/mol. The highest BCUT2D eigenvalue weighted by Crippen LogP contribution is 2.25. The molecule has 2 atom stereocenters. The molecule has 4 nitrogen and oxygen atoms in total. The van der Waals surface area contributed by atoms with Crippen molar-refractivity contribution < 1.29 is 19.0 Å². The van der Waals surface area contributed by atoms with Crippen molar-refractivity contribution in [2.45, 2.75) is 90.8 Å². The third-order valence-corrected chi connectivity index (χ3v) is 7.01. The first-order valence-electron chi connectivity index (χ1n) is 14.3. The summed E-state index contributed by atoms with van der Waals surface area (Å²) < 4.78 is 17.2. The molecule has 0 aromatic heterocycles. The van der Waals surface area contributed by atoms with Crippen LogP contribution >= 0.6 is 0 Å². The molecule has 0 spiro atoms. The van der Waals surface area contributed by atoms with Crippen molar-refractivity contribution in [3.8, 4) is 22.6 Å². The third-order valence-electron chi connectivity index (χ3n) is 7.01. The van der Waals surface area contributed by atoms with Crippen LogP contribution in [0.15, 0.2) is 72.8 Å². The summed E-state index contributed by atoms with van der Waals surface area (Å²) in [6.07, 6.45) is 11.3. The second kappa shape index (κ2) is 16.0. The molecule has 0 radical (unpaired) electrons. The van der Waals surface area contributed by atoms with E-state index in [0.717, 1.165) is 41.7 Å². The Labute approximate surface area is 229 Å². The van der Waals surface area contributed by atoms with Crippen LogP contribution in [0.4, 0.5) is 0 Å². The number of ether oxygens (including phenoxy) is 3. The number of rotatable bonds is 16. The largest absolute Gasteiger partial charge is 0.490 e. The molecule has 3 aromatic carbocycles. The number of esters is 1. The Kier molecular flexibility index (Phi) is 12.4. The van der Waals surface area contributed by atoms with E-state index in [0.29, 0.717) is 11.3 Å². The van der Waals surface area contributed by atoms with Gasteiger partial charge in [0.25, 0.3) is 0 Å². The Morgan fingerprint density at radius 2 is 1.26 bits per heavy atom. The normalized spacial score (nSPS) is 12.6. The maximum atomic E-state index is 12.7. The van der Waals surface area contributed by atoms with Gasteiger partial charge in [0.1, 0.15) is 11.5 Å². The summed E-state index contributed by atoms with van der Waals surface area (Å²) in [6.45, 7) is 6.47. The van der Waals surface area contributed by atoms with Gasteiger partial charge in [-0.05, 0) is 79.3 Å². The van der Waals surface area contributed by atoms with Crippen molar-refractivity contribution in [2.24, 2.45) is 0 Å². The predicted octanol–water partition coefficient (Wildman–Crippen LogP) is 9.58. The van der Waals surface area contributed by atoms with Crippen molar-refractivity contribution in [1.29, 1.82) is 0 Å².